The maximum Gasteiger partial charge on any atom is 0.290 e. The van der Waals surface area contributed by atoms with Gasteiger partial charge >= 0.3 is 0 Å². The largest absolute Gasteiger partial charge is 0.479 e. The van der Waals surface area contributed by atoms with Crippen LogP contribution in [0.15, 0.2) is 63.6 Å². The molecule has 3 aromatic heterocycles. The van der Waals surface area contributed by atoms with Gasteiger partial charge in [-0.2, -0.15) is 4.98 Å². The molecular weight excluding hydrogens is 524 g/mol. The summed E-state index contributed by atoms with van der Waals surface area (Å²) in [5, 5.41) is 15.0. The molecular formula is C27H23ClN6O5. The van der Waals surface area contributed by atoms with Gasteiger partial charge in [-0.1, -0.05) is 28.9 Å². The van der Waals surface area contributed by atoms with Crippen LogP contribution in [0.1, 0.15) is 34.9 Å². The van der Waals surface area contributed by atoms with Crippen LogP contribution in [0, 0.1) is 6.92 Å². The Hall–Kier alpha value is -4.64. The number of halogens is 1. The summed E-state index contributed by atoms with van der Waals surface area (Å²) in [4.78, 5) is 29.8. The number of amides is 2. The molecule has 3 heterocycles. The second kappa shape index (κ2) is 9.59. The Morgan fingerprint density at radius 1 is 1.08 bits per heavy atom. The zero-order chi connectivity index (χ0) is 27.1. The number of carbonyl (C=O) groups is 2. The van der Waals surface area contributed by atoms with Crippen molar-refractivity contribution in [2.75, 3.05) is 7.11 Å². The lowest BCUT2D eigenvalue weighted by Crippen LogP contribution is -2.48. The number of nitrogens with one attached hydrogen (secondary N) is 2. The van der Waals surface area contributed by atoms with Gasteiger partial charge in [-0.3, -0.25) is 9.59 Å². The Labute approximate surface area is 227 Å². The predicted molar refractivity (Wildman–Crippen MR) is 141 cm³/mol. The Morgan fingerprint density at radius 2 is 1.87 bits per heavy atom. The number of benzene rings is 2. The standard InChI is InChI=1S/C27H23ClN6O5/c1-15-30-24(33-38-15)21-12-17-11-18(28)5-8-20(17)34(21)19-6-3-16(4-7-19)14-29-26(36)27(9-10-27)31-25(35)22-13-23(37-2)32-39-22/h3-8,11-13H,9-10,14H2,1-2H3,(H,29,36)(H,31,35). The van der Waals surface area contributed by atoms with Crippen LogP contribution >= 0.6 is 11.6 Å². The molecule has 0 spiro atoms. The van der Waals surface area contributed by atoms with Gasteiger partial charge in [0.15, 0.2) is 0 Å². The van der Waals surface area contributed by atoms with Crippen molar-refractivity contribution in [3.63, 3.8) is 0 Å². The normalized spacial score (nSPS) is 13.8. The molecule has 1 fully saturated rings. The van der Waals surface area contributed by atoms with Crippen LogP contribution in [0.5, 0.6) is 5.88 Å². The number of ether oxygens (including phenoxy) is 1. The average molecular weight is 547 g/mol. The van der Waals surface area contributed by atoms with Crippen LogP contribution in [0.3, 0.4) is 0 Å². The number of rotatable bonds is 8. The van der Waals surface area contributed by atoms with E-state index in [4.69, 9.17) is 25.4 Å². The van der Waals surface area contributed by atoms with Crippen molar-refractivity contribution < 1.29 is 23.4 Å². The van der Waals surface area contributed by atoms with Crippen molar-refractivity contribution in [2.24, 2.45) is 0 Å². The summed E-state index contributed by atoms with van der Waals surface area (Å²) in [5.74, 6) is 0.337. The summed E-state index contributed by atoms with van der Waals surface area (Å²) < 4.78 is 17.1. The third-order valence-corrected chi connectivity index (χ3v) is 6.86. The highest BCUT2D eigenvalue weighted by Gasteiger charge is 2.51. The van der Waals surface area contributed by atoms with E-state index in [0.29, 0.717) is 36.1 Å². The van der Waals surface area contributed by atoms with Gasteiger partial charge in [0.05, 0.1) is 24.4 Å². The highest BCUT2D eigenvalue weighted by Crippen LogP contribution is 2.36. The van der Waals surface area contributed by atoms with Gasteiger partial charge in [-0.15, -0.1) is 0 Å². The minimum absolute atomic E-state index is 0.0170. The molecule has 0 saturated heterocycles. The van der Waals surface area contributed by atoms with Gasteiger partial charge < -0.3 is 29.0 Å². The molecule has 2 aromatic carbocycles. The molecule has 1 aliphatic rings. The molecule has 5 aromatic rings. The van der Waals surface area contributed by atoms with Crippen molar-refractivity contribution >= 4 is 34.3 Å². The fourth-order valence-electron chi connectivity index (χ4n) is 4.42. The van der Waals surface area contributed by atoms with Crippen molar-refractivity contribution in [1.29, 1.82) is 0 Å². The van der Waals surface area contributed by atoms with Crippen LogP contribution in [0.25, 0.3) is 28.1 Å². The fraction of sp³-hybridized carbons (Fsp3) is 0.222. The number of aromatic nitrogens is 4. The Bertz CT molecular complexity index is 1700. The highest BCUT2D eigenvalue weighted by molar-refractivity contribution is 6.31. The highest BCUT2D eigenvalue weighted by atomic mass is 35.5. The number of hydrogen-bond donors (Lipinski definition) is 2. The van der Waals surface area contributed by atoms with E-state index in [9.17, 15) is 9.59 Å². The minimum atomic E-state index is -0.958. The molecule has 0 bridgehead atoms. The maximum absolute atomic E-state index is 12.9. The van der Waals surface area contributed by atoms with E-state index in [0.717, 1.165) is 27.8 Å². The van der Waals surface area contributed by atoms with Gasteiger partial charge in [0, 0.05) is 29.6 Å². The summed E-state index contributed by atoms with van der Waals surface area (Å²) in [6.07, 6.45) is 1.08. The van der Waals surface area contributed by atoms with Crippen molar-refractivity contribution in [3.8, 4) is 23.1 Å². The number of hydrogen-bond acceptors (Lipinski definition) is 8. The SMILES string of the molecule is COc1cc(C(=O)NC2(C(=O)NCc3ccc(-n4c(-c5noc(C)n5)cc5cc(Cl)ccc54)cc3)CC2)on1. The van der Waals surface area contributed by atoms with E-state index in [-0.39, 0.29) is 17.5 Å². The molecule has 39 heavy (non-hydrogen) atoms. The van der Waals surface area contributed by atoms with Crippen LogP contribution in [0.4, 0.5) is 0 Å². The number of methoxy groups -OCH3 is 1. The molecule has 6 rings (SSSR count). The summed E-state index contributed by atoms with van der Waals surface area (Å²) >= 11 is 6.23. The number of nitrogens with zero attached hydrogens (tertiary/aromatic N) is 4. The van der Waals surface area contributed by atoms with Crippen LogP contribution in [-0.4, -0.2) is 44.3 Å². The maximum atomic E-state index is 12.9. The first kappa shape index (κ1) is 24.7. The van der Waals surface area contributed by atoms with E-state index in [2.05, 4.69) is 25.9 Å². The Morgan fingerprint density at radius 3 is 2.54 bits per heavy atom. The zero-order valence-electron chi connectivity index (χ0n) is 21.0. The molecule has 1 aliphatic carbocycles. The molecule has 0 radical (unpaired) electrons. The van der Waals surface area contributed by atoms with Crippen molar-refractivity contribution in [2.45, 2.75) is 31.8 Å². The average Bonchev–Trinajstić information content (AvgIpc) is 3.25. The molecule has 2 amide bonds. The molecule has 11 nitrogen and oxygen atoms in total. The van der Waals surface area contributed by atoms with E-state index in [1.165, 1.54) is 13.2 Å². The van der Waals surface area contributed by atoms with Gasteiger partial charge in [0.2, 0.25) is 23.4 Å². The van der Waals surface area contributed by atoms with Crippen LogP contribution in [-0.2, 0) is 11.3 Å². The molecule has 198 valence electrons. The van der Waals surface area contributed by atoms with E-state index < -0.39 is 11.4 Å². The van der Waals surface area contributed by atoms with Crippen LogP contribution < -0.4 is 15.4 Å². The Kier molecular flexibility index (Phi) is 6.07. The van der Waals surface area contributed by atoms with E-state index in [1.807, 2.05) is 53.1 Å². The van der Waals surface area contributed by atoms with Crippen molar-refractivity contribution in [1.82, 2.24) is 30.5 Å². The summed E-state index contributed by atoms with van der Waals surface area (Å²) in [5.41, 5.74) is 2.52. The second-order valence-corrected chi connectivity index (χ2v) is 9.76. The zero-order valence-corrected chi connectivity index (χ0v) is 21.8. The fourth-order valence-corrected chi connectivity index (χ4v) is 4.60. The van der Waals surface area contributed by atoms with Gasteiger partial charge in [-0.25, -0.2) is 0 Å². The first-order valence-electron chi connectivity index (χ1n) is 12.2. The number of aryl methyl sites for hydroxylation is 1. The lowest BCUT2D eigenvalue weighted by atomic mass is 10.1. The third-order valence-electron chi connectivity index (χ3n) is 6.63. The van der Waals surface area contributed by atoms with Gasteiger partial charge in [0.25, 0.3) is 11.8 Å². The molecule has 2 N–H and O–H groups in total. The van der Waals surface area contributed by atoms with E-state index >= 15 is 0 Å². The smallest absolute Gasteiger partial charge is 0.290 e. The molecule has 0 atom stereocenters. The monoisotopic (exact) mass is 546 g/mol. The van der Waals surface area contributed by atoms with E-state index in [1.54, 1.807) is 6.92 Å². The molecule has 1 saturated carbocycles. The first-order chi connectivity index (χ1) is 18.8. The predicted octanol–water partition coefficient (Wildman–Crippen LogP) is 4.22. The van der Waals surface area contributed by atoms with Crippen molar-refractivity contribution in [3.05, 3.63) is 76.8 Å². The third kappa shape index (κ3) is 4.72. The quantitative estimate of drug-likeness (QED) is 0.295. The summed E-state index contributed by atoms with van der Waals surface area (Å²) in [6.45, 7) is 2.04. The lowest BCUT2D eigenvalue weighted by molar-refractivity contribution is -0.124. The molecule has 12 heteroatoms. The lowest BCUT2D eigenvalue weighted by Gasteiger charge is -2.16. The summed E-state index contributed by atoms with van der Waals surface area (Å²) in [7, 11) is 1.42. The molecule has 0 unspecified atom stereocenters. The number of carbonyl (C=O) groups excluding carboxylic acids is 2. The van der Waals surface area contributed by atoms with Crippen LogP contribution in [0.2, 0.25) is 5.02 Å². The second-order valence-electron chi connectivity index (χ2n) is 9.32. The van der Waals surface area contributed by atoms with Gasteiger partial charge in [0.1, 0.15) is 5.54 Å². The number of fused-ring (bicyclic) bond motifs is 1. The Balaban J connectivity index is 1.18. The minimum Gasteiger partial charge on any atom is -0.479 e. The van der Waals surface area contributed by atoms with Gasteiger partial charge in [-0.05, 0) is 60.0 Å². The molecule has 0 aliphatic heterocycles. The topological polar surface area (TPSA) is 137 Å². The first-order valence-corrected chi connectivity index (χ1v) is 12.6. The summed E-state index contributed by atoms with van der Waals surface area (Å²) in [6, 6.07) is 16.8.